The molecule has 1 aromatic heterocycles. The van der Waals surface area contributed by atoms with Crippen LogP contribution in [0.1, 0.15) is 11.3 Å². The Bertz CT molecular complexity index is 412. The number of rotatable bonds is 2. The number of nitrogens with zero attached hydrogens (tertiary/aromatic N) is 1. The van der Waals surface area contributed by atoms with Crippen LogP contribution in [0.2, 0.25) is 0 Å². The van der Waals surface area contributed by atoms with E-state index in [-0.39, 0.29) is 0 Å². The second-order valence-corrected chi connectivity index (χ2v) is 4.11. The molecule has 14 heavy (non-hydrogen) atoms. The Hall–Kier alpha value is -1.11. The summed E-state index contributed by atoms with van der Waals surface area (Å²) in [5, 5.41) is 0. The molecule has 0 aliphatic rings. The van der Waals surface area contributed by atoms with Gasteiger partial charge in [-0.25, -0.2) is 0 Å². The van der Waals surface area contributed by atoms with Crippen LogP contribution in [-0.2, 0) is 6.42 Å². The standard InChI is InChI=1S/C12H11NSe/c14-12-8-4-7-11(13-12)9-10-5-2-1-3-6-10/h1-8H,9H2,(H,13,14). The zero-order valence-corrected chi connectivity index (χ0v) is 9.60. The molecule has 0 N–H and O–H groups in total. The fourth-order valence-electron chi connectivity index (χ4n) is 1.37. The first-order valence-electron chi connectivity index (χ1n) is 4.53. The zero-order chi connectivity index (χ0) is 9.80. The van der Waals surface area contributed by atoms with Gasteiger partial charge in [-0.15, -0.1) is 0 Å². The van der Waals surface area contributed by atoms with E-state index in [1.807, 2.05) is 18.2 Å². The second-order valence-electron chi connectivity index (χ2n) is 3.15. The molecule has 0 radical (unpaired) electrons. The van der Waals surface area contributed by atoms with Crippen molar-refractivity contribution in [2.24, 2.45) is 0 Å². The summed E-state index contributed by atoms with van der Waals surface area (Å²) in [4.78, 5) is 4.44. The van der Waals surface area contributed by atoms with Gasteiger partial charge >= 0.3 is 91.8 Å². The third-order valence-corrected chi connectivity index (χ3v) is 2.54. The Labute approximate surface area is 92.0 Å². The molecule has 2 heteroatoms. The van der Waals surface area contributed by atoms with Crippen molar-refractivity contribution < 1.29 is 0 Å². The van der Waals surface area contributed by atoms with Crippen molar-refractivity contribution in [3.63, 3.8) is 0 Å². The molecule has 0 saturated heterocycles. The van der Waals surface area contributed by atoms with Crippen LogP contribution >= 0.6 is 0 Å². The Morgan fingerprint density at radius 2 is 1.71 bits per heavy atom. The van der Waals surface area contributed by atoms with Gasteiger partial charge in [0.25, 0.3) is 0 Å². The quantitative estimate of drug-likeness (QED) is 0.728. The fourth-order valence-corrected chi connectivity index (χ4v) is 1.82. The van der Waals surface area contributed by atoms with E-state index in [9.17, 15) is 0 Å². The number of hydrogen-bond acceptors (Lipinski definition) is 1. The molecule has 0 fully saturated rings. The summed E-state index contributed by atoms with van der Waals surface area (Å²) >= 11 is 2.47. The first kappa shape index (κ1) is 9.44. The van der Waals surface area contributed by atoms with Crippen LogP contribution in [0.15, 0.2) is 48.5 Å². The monoisotopic (exact) mass is 249 g/mol. The minimum atomic E-state index is 0.909. The molecule has 0 amide bonds. The summed E-state index contributed by atoms with van der Waals surface area (Å²) in [5.74, 6) is 0. The minimum absolute atomic E-state index is 0.909. The van der Waals surface area contributed by atoms with Gasteiger partial charge in [-0.3, -0.25) is 0 Å². The van der Waals surface area contributed by atoms with Gasteiger partial charge in [-0.2, -0.15) is 0 Å². The van der Waals surface area contributed by atoms with Gasteiger partial charge in [-0.1, -0.05) is 0 Å². The van der Waals surface area contributed by atoms with Gasteiger partial charge < -0.3 is 0 Å². The van der Waals surface area contributed by atoms with E-state index in [4.69, 9.17) is 0 Å². The van der Waals surface area contributed by atoms with E-state index < -0.39 is 0 Å². The maximum absolute atomic E-state index is 4.44. The summed E-state index contributed by atoms with van der Waals surface area (Å²) in [6.07, 6.45) is 0.909. The van der Waals surface area contributed by atoms with Gasteiger partial charge in [0, 0.05) is 0 Å². The summed E-state index contributed by atoms with van der Waals surface area (Å²) in [5.41, 5.74) is 2.42. The summed E-state index contributed by atoms with van der Waals surface area (Å²) in [7, 11) is 0. The molecule has 1 nitrogen and oxygen atoms in total. The first-order valence-corrected chi connectivity index (χ1v) is 5.47. The van der Waals surface area contributed by atoms with Crippen LogP contribution in [0.3, 0.4) is 0 Å². The number of aromatic nitrogens is 1. The maximum atomic E-state index is 4.44. The molecule has 0 atom stereocenters. The summed E-state index contributed by atoms with van der Waals surface area (Å²) < 4.78 is 1.02. The fraction of sp³-hybridized carbons (Fsp3) is 0.0833. The number of benzene rings is 1. The Kier molecular flexibility index (Phi) is 2.97. The molecule has 0 saturated carbocycles. The third-order valence-electron chi connectivity index (χ3n) is 2.02. The van der Waals surface area contributed by atoms with Crippen molar-refractivity contribution in [2.45, 2.75) is 6.42 Å². The molecular formula is C12H11NSe. The van der Waals surface area contributed by atoms with E-state index in [0.717, 1.165) is 16.7 Å². The van der Waals surface area contributed by atoms with E-state index in [2.05, 4.69) is 51.3 Å². The third kappa shape index (κ3) is 2.44. The predicted octanol–water partition coefficient (Wildman–Crippen LogP) is 1.20. The van der Waals surface area contributed by atoms with Gasteiger partial charge in [0.15, 0.2) is 0 Å². The number of hydrogen-bond donors (Lipinski definition) is 0. The predicted molar refractivity (Wildman–Crippen MR) is 60.3 cm³/mol. The van der Waals surface area contributed by atoms with Gasteiger partial charge in [-0.05, 0) is 0 Å². The van der Waals surface area contributed by atoms with Crippen LogP contribution in [0.25, 0.3) is 0 Å². The summed E-state index contributed by atoms with van der Waals surface area (Å²) in [6.45, 7) is 0. The summed E-state index contributed by atoms with van der Waals surface area (Å²) in [6, 6.07) is 16.5. The average Bonchev–Trinajstić information content (AvgIpc) is 2.19. The van der Waals surface area contributed by atoms with E-state index in [1.54, 1.807) is 0 Å². The molecular weight excluding hydrogens is 237 g/mol. The number of pyridine rings is 1. The van der Waals surface area contributed by atoms with Gasteiger partial charge in [0.2, 0.25) is 0 Å². The van der Waals surface area contributed by atoms with Crippen molar-refractivity contribution in [2.75, 3.05) is 0 Å². The van der Waals surface area contributed by atoms with Gasteiger partial charge in [0.1, 0.15) is 0 Å². The van der Waals surface area contributed by atoms with E-state index in [1.165, 1.54) is 5.56 Å². The topological polar surface area (TPSA) is 12.9 Å². The Balaban J connectivity index is 2.19. The molecule has 0 aliphatic heterocycles. The SMILES string of the molecule is [SeH]c1cccc(Cc2ccccc2)n1. The molecule has 0 aliphatic carbocycles. The molecule has 2 rings (SSSR count). The molecule has 0 unspecified atom stereocenters. The van der Waals surface area contributed by atoms with Crippen molar-refractivity contribution >= 4 is 20.6 Å². The Morgan fingerprint density at radius 3 is 2.43 bits per heavy atom. The second kappa shape index (κ2) is 4.41. The van der Waals surface area contributed by atoms with E-state index >= 15 is 0 Å². The van der Waals surface area contributed by atoms with Crippen molar-refractivity contribution in [1.82, 2.24) is 4.98 Å². The molecule has 1 heterocycles. The van der Waals surface area contributed by atoms with Gasteiger partial charge in [0.05, 0.1) is 0 Å². The molecule has 0 bridgehead atoms. The van der Waals surface area contributed by atoms with Crippen molar-refractivity contribution in [1.29, 1.82) is 0 Å². The first-order chi connectivity index (χ1) is 6.84. The van der Waals surface area contributed by atoms with Crippen LogP contribution in [0.5, 0.6) is 0 Å². The van der Waals surface area contributed by atoms with Crippen LogP contribution in [0, 0.1) is 0 Å². The van der Waals surface area contributed by atoms with Crippen LogP contribution < -0.4 is 4.59 Å². The normalized spacial score (nSPS) is 10.1. The molecule has 70 valence electrons. The Morgan fingerprint density at radius 1 is 0.929 bits per heavy atom. The van der Waals surface area contributed by atoms with Crippen molar-refractivity contribution in [3.8, 4) is 0 Å². The van der Waals surface area contributed by atoms with Crippen molar-refractivity contribution in [3.05, 3.63) is 59.8 Å². The van der Waals surface area contributed by atoms with Crippen LogP contribution in [-0.4, -0.2) is 21.0 Å². The zero-order valence-electron chi connectivity index (χ0n) is 7.72. The average molecular weight is 248 g/mol. The molecule has 2 aromatic rings. The molecule has 1 aromatic carbocycles. The molecule has 0 spiro atoms. The van der Waals surface area contributed by atoms with Crippen LogP contribution in [0.4, 0.5) is 0 Å². The van der Waals surface area contributed by atoms with E-state index in [0.29, 0.717) is 0 Å².